The molecule has 0 aliphatic carbocycles. The number of likely N-dealkylation sites (tertiary alicyclic amines) is 1. The molecule has 0 aromatic rings. The van der Waals surface area contributed by atoms with Gasteiger partial charge < -0.3 is 10.6 Å². The first-order chi connectivity index (χ1) is 8.44. The predicted molar refractivity (Wildman–Crippen MR) is 81.0 cm³/mol. The second-order valence-electron chi connectivity index (χ2n) is 4.22. The highest BCUT2D eigenvalue weighted by Crippen LogP contribution is 2.19. The Morgan fingerprint density at radius 3 is 2.74 bits per heavy atom. The number of aliphatic imine (C=N–C) groups is 1. The number of hydrogen-bond acceptors (Lipinski definition) is 2. The van der Waals surface area contributed by atoms with E-state index in [-0.39, 0.29) is 30.0 Å². The minimum atomic E-state index is -4.13. The lowest BCUT2D eigenvalue weighted by Gasteiger charge is -2.19. The van der Waals surface area contributed by atoms with E-state index >= 15 is 0 Å². The Morgan fingerprint density at radius 1 is 1.53 bits per heavy atom. The third kappa shape index (κ3) is 7.61. The largest absolute Gasteiger partial charge is 0.401 e. The van der Waals surface area contributed by atoms with E-state index in [1.54, 1.807) is 13.1 Å². The van der Waals surface area contributed by atoms with E-state index < -0.39 is 12.7 Å². The number of hydrogen-bond donors (Lipinski definition) is 2. The molecule has 0 spiro atoms. The summed E-state index contributed by atoms with van der Waals surface area (Å²) in [7, 11) is 1.63. The zero-order valence-corrected chi connectivity index (χ0v) is 13.2. The van der Waals surface area contributed by atoms with Gasteiger partial charge in [-0.2, -0.15) is 13.2 Å². The van der Waals surface area contributed by atoms with E-state index in [9.17, 15) is 13.2 Å². The first-order valence-electron chi connectivity index (χ1n) is 5.82. The molecule has 0 amide bonds. The molecule has 19 heavy (non-hydrogen) atoms. The normalized spacial score (nSPS) is 20.8. The van der Waals surface area contributed by atoms with Gasteiger partial charge in [0.1, 0.15) is 0 Å². The molecule has 1 saturated heterocycles. The summed E-state index contributed by atoms with van der Waals surface area (Å²) in [5, 5.41) is 6.09. The average molecular weight is 392 g/mol. The molecule has 0 saturated carbocycles. The van der Waals surface area contributed by atoms with E-state index in [2.05, 4.69) is 22.2 Å². The average Bonchev–Trinajstić information content (AvgIpc) is 2.69. The molecule has 112 valence electrons. The highest BCUT2D eigenvalue weighted by Gasteiger charge is 2.34. The minimum absolute atomic E-state index is 0. The van der Waals surface area contributed by atoms with Gasteiger partial charge >= 0.3 is 6.18 Å². The van der Waals surface area contributed by atoms with Crippen LogP contribution in [-0.2, 0) is 0 Å². The van der Waals surface area contributed by atoms with Crippen LogP contribution in [0.4, 0.5) is 13.2 Å². The Hall–Kier alpha value is -0.510. The smallest absolute Gasteiger partial charge is 0.353 e. The number of nitrogens with zero attached hydrogens (tertiary/aromatic N) is 2. The van der Waals surface area contributed by atoms with Crippen LogP contribution in [0.2, 0.25) is 0 Å². The third-order valence-electron chi connectivity index (χ3n) is 2.65. The van der Waals surface area contributed by atoms with Crippen molar-refractivity contribution < 1.29 is 13.2 Å². The number of halogens is 4. The van der Waals surface area contributed by atoms with E-state index in [1.807, 2.05) is 0 Å². The first kappa shape index (κ1) is 18.5. The summed E-state index contributed by atoms with van der Waals surface area (Å²) >= 11 is 0. The summed E-state index contributed by atoms with van der Waals surface area (Å²) in [6.45, 7) is 4.13. The second kappa shape index (κ2) is 8.62. The van der Waals surface area contributed by atoms with Crippen LogP contribution in [0, 0.1) is 0 Å². The van der Waals surface area contributed by atoms with Crippen LogP contribution in [0.5, 0.6) is 0 Å². The molecule has 4 nitrogen and oxygen atoms in total. The van der Waals surface area contributed by atoms with Crippen molar-refractivity contribution in [3.8, 4) is 0 Å². The van der Waals surface area contributed by atoms with Gasteiger partial charge in [0.25, 0.3) is 0 Å². The molecule has 2 N–H and O–H groups in total. The lowest BCUT2D eigenvalue weighted by Crippen LogP contribution is -2.45. The zero-order valence-electron chi connectivity index (χ0n) is 10.8. The Balaban J connectivity index is 0.00000324. The molecule has 1 heterocycles. The van der Waals surface area contributed by atoms with Crippen LogP contribution in [0.1, 0.15) is 6.42 Å². The third-order valence-corrected chi connectivity index (χ3v) is 2.65. The summed E-state index contributed by atoms with van der Waals surface area (Å²) in [5.74, 6) is 0.591. The van der Waals surface area contributed by atoms with Gasteiger partial charge in [0.15, 0.2) is 5.96 Å². The summed E-state index contributed by atoms with van der Waals surface area (Å²) < 4.78 is 36.7. The van der Waals surface area contributed by atoms with Crippen molar-refractivity contribution in [2.24, 2.45) is 4.99 Å². The van der Waals surface area contributed by atoms with E-state index in [0.717, 1.165) is 0 Å². The van der Waals surface area contributed by atoms with Crippen molar-refractivity contribution in [3.05, 3.63) is 12.7 Å². The quantitative estimate of drug-likeness (QED) is 0.331. The van der Waals surface area contributed by atoms with Crippen molar-refractivity contribution in [2.45, 2.75) is 18.6 Å². The van der Waals surface area contributed by atoms with Gasteiger partial charge in [0, 0.05) is 32.7 Å². The fraction of sp³-hybridized carbons (Fsp3) is 0.727. The first-order valence-corrected chi connectivity index (χ1v) is 5.82. The molecule has 0 aromatic carbocycles. The summed E-state index contributed by atoms with van der Waals surface area (Å²) in [6, 6.07) is 0.00312. The van der Waals surface area contributed by atoms with E-state index in [1.165, 1.54) is 4.90 Å². The van der Waals surface area contributed by atoms with Gasteiger partial charge in [-0.1, -0.05) is 6.08 Å². The molecule has 0 bridgehead atoms. The molecule has 1 fully saturated rings. The highest BCUT2D eigenvalue weighted by atomic mass is 127. The maximum Gasteiger partial charge on any atom is 0.401 e. The number of guanidine groups is 1. The topological polar surface area (TPSA) is 39.7 Å². The van der Waals surface area contributed by atoms with Crippen molar-refractivity contribution >= 4 is 29.9 Å². The van der Waals surface area contributed by atoms with Crippen molar-refractivity contribution in [2.75, 3.05) is 33.2 Å². The summed E-state index contributed by atoms with van der Waals surface area (Å²) in [6.07, 6.45) is -1.75. The van der Waals surface area contributed by atoms with Crippen LogP contribution in [0.3, 0.4) is 0 Å². The standard InChI is InChI=1S/C11H19F3N4.HI/c1-3-5-16-10(15-2)17-9-4-6-18(7-9)8-11(12,13)14;/h3,9H,1,4-8H2,2H3,(H2,15,16,17);1H. The Labute approximate surface area is 128 Å². The SMILES string of the molecule is C=CCNC(=NC)NC1CCN(CC(F)(F)F)C1.I. The molecular formula is C11H20F3IN4. The van der Waals surface area contributed by atoms with Gasteiger partial charge in [-0.15, -0.1) is 30.6 Å². The molecule has 1 rings (SSSR count). The molecule has 0 aromatic heterocycles. The van der Waals surface area contributed by atoms with Crippen LogP contribution >= 0.6 is 24.0 Å². The highest BCUT2D eigenvalue weighted by molar-refractivity contribution is 14.0. The van der Waals surface area contributed by atoms with Crippen molar-refractivity contribution in [1.82, 2.24) is 15.5 Å². The van der Waals surface area contributed by atoms with Crippen LogP contribution in [0.15, 0.2) is 17.6 Å². The fourth-order valence-electron chi connectivity index (χ4n) is 1.90. The van der Waals surface area contributed by atoms with Crippen LogP contribution < -0.4 is 10.6 Å². The molecule has 1 unspecified atom stereocenters. The maximum atomic E-state index is 12.2. The predicted octanol–water partition coefficient (Wildman–Crippen LogP) is 1.59. The number of alkyl halides is 3. The molecule has 0 radical (unpaired) electrons. The summed E-state index contributed by atoms with van der Waals surface area (Å²) in [4.78, 5) is 5.40. The Bertz CT molecular complexity index is 307. The molecule has 1 atom stereocenters. The second-order valence-corrected chi connectivity index (χ2v) is 4.22. The van der Waals surface area contributed by atoms with Crippen molar-refractivity contribution in [3.63, 3.8) is 0 Å². The zero-order chi connectivity index (χ0) is 13.6. The monoisotopic (exact) mass is 392 g/mol. The fourth-order valence-corrected chi connectivity index (χ4v) is 1.90. The number of rotatable bonds is 4. The van der Waals surface area contributed by atoms with Crippen LogP contribution in [0.25, 0.3) is 0 Å². The van der Waals surface area contributed by atoms with Crippen molar-refractivity contribution in [1.29, 1.82) is 0 Å². The van der Waals surface area contributed by atoms with Gasteiger partial charge in [0.2, 0.25) is 0 Å². The molecular weight excluding hydrogens is 372 g/mol. The van der Waals surface area contributed by atoms with E-state index in [0.29, 0.717) is 32.0 Å². The maximum absolute atomic E-state index is 12.2. The summed E-state index contributed by atoms with van der Waals surface area (Å²) in [5.41, 5.74) is 0. The van der Waals surface area contributed by atoms with Crippen LogP contribution in [-0.4, -0.2) is 56.3 Å². The lowest BCUT2D eigenvalue weighted by molar-refractivity contribution is -0.143. The van der Waals surface area contributed by atoms with Gasteiger partial charge in [-0.3, -0.25) is 9.89 Å². The lowest BCUT2D eigenvalue weighted by atomic mass is 10.3. The molecule has 1 aliphatic heterocycles. The van der Waals surface area contributed by atoms with E-state index in [4.69, 9.17) is 0 Å². The van der Waals surface area contributed by atoms with Gasteiger partial charge in [-0.25, -0.2) is 0 Å². The number of nitrogens with one attached hydrogen (secondary N) is 2. The Kier molecular flexibility index (Phi) is 8.39. The minimum Gasteiger partial charge on any atom is -0.353 e. The molecule has 1 aliphatic rings. The molecule has 8 heteroatoms. The van der Waals surface area contributed by atoms with Gasteiger partial charge in [0.05, 0.1) is 6.54 Å². The van der Waals surface area contributed by atoms with Gasteiger partial charge in [-0.05, 0) is 6.42 Å². The Morgan fingerprint density at radius 2 is 2.21 bits per heavy atom.